The summed E-state index contributed by atoms with van der Waals surface area (Å²) in [7, 11) is 1.36. The minimum atomic E-state index is -0.629. The lowest BCUT2D eigenvalue weighted by atomic mass is 10.1. The first-order valence-electron chi connectivity index (χ1n) is 3.82. The second-order valence-electron chi connectivity index (χ2n) is 2.67. The number of rotatable bonds is 2. The first-order chi connectivity index (χ1) is 6.61. The molecule has 0 heterocycles. The number of halogens is 2. The van der Waals surface area contributed by atoms with Crippen LogP contribution in [-0.4, -0.2) is 17.5 Å². The van der Waals surface area contributed by atoms with Crippen molar-refractivity contribution in [2.45, 2.75) is 6.92 Å². The van der Waals surface area contributed by atoms with E-state index in [1.54, 1.807) is 13.0 Å². The number of methoxy groups -OCH3 is 1. The molecular formula is C9H9ClFNO2. The molecule has 1 N–H and O–H groups in total. The summed E-state index contributed by atoms with van der Waals surface area (Å²) in [6.07, 6.45) is 0. The Balaban J connectivity index is 3.35. The zero-order valence-electron chi connectivity index (χ0n) is 7.71. The second kappa shape index (κ2) is 4.28. The lowest BCUT2D eigenvalue weighted by Crippen LogP contribution is -2.00. The van der Waals surface area contributed by atoms with E-state index in [-0.39, 0.29) is 16.5 Å². The number of hydrogen-bond donors (Lipinski definition) is 1. The molecule has 3 nitrogen and oxygen atoms in total. The summed E-state index contributed by atoms with van der Waals surface area (Å²) in [5.41, 5.74) is 0.660. The molecule has 1 aromatic carbocycles. The molecule has 14 heavy (non-hydrogen) atoms. The molecule has 0 aliphatic carbocycles. The van der Waals surface area contributed by atoms with E-state index in [2.05, 4.69) is 5.16 Å². The fourth-order valence-electron chi connectivity index (χ4n) is 1.12. The van der Waals surface area contributed by atoms with Crippen LogP contribution in [0.3, 0.4) is 0 Å². The molecule has 0 unspecified atom stereocenters. The van der Waals surface area contributed by atoms with Gasteiger partial charge in [-0.15, -0.1) is 0 Å². The summed E-state index contributed by atoms with van der Waals surface area (Å²) in [4.78, 5) is 0. The molecule has 0 fully saturated rings. The van der Waals surface area contributed by atoms with E-state index in [0.29, 0.717) is 5.56 Å². The van der Waals surface area contributed by atoms with Crippen molar-refractivity contribution in [3.63, 3.8) is 0 Å². The van der Waals surface area contributed by atoms with Crippen molar-refractivity contribution in [3.05, 3.63) is 29.1 Å². The molecule has 0 radical (unpaired) electrons. The van der Waals surface area contributed by atoms with Crippen LogP contribution in [-0.2, 0) is 0 Å². The number of ether oxygens (including phenoxy) is 1. The summed E-state index contributed by atoms with van der Waals surface area (Å²) >= 11 is 5.48. The van der Waals surface area contributed by atoms with E-state index < -0.39 is 5.82 Å². The highest BCUT2D eigenvalue weighted by atomic mass is 35.5. The van der Waals surface area contributed by atoms with Gasteiger partial charge in [-0.25, -0.2) is 4.39 Å². The minimum Gasteiger partial charge on any atom is -0.493 e. The average Bonchev–Trinajstić information content (AvgIpc) is 2.18. The van der Waals surface area contributed by atoms with Gasteiger partial charge in [0.25, 0.3) is 0 Å². The van der Waals surface area contributed by atoms with Gasteiger partial charge in [-0.05, 0) is 18.6 Å². The van der Waals surface area contributed by atoms with Gasteiger partial charge in [0.2, 0.25) is 0 Å². The Morgan fingerprint density at radius 2 is 2.21 bits per heavy atom. The van der Waals surface area contributed by atoms with Crippen LogP contribution in [0.4, 0.5) is 4.39 Å². The number of benzene rings is 1. The van der Waals surface area contributed by atoms with Gasteiger partial charge < -0.3 is 9.94 Å². The summed E-state index contributed by atoms with van der Waals surface area (Å²) in [6.45, 7) is 1.70. The highest BCUT2D eigenvalue weighted by Crippen LogP contribution is 2.25. The summed E-state index contributed by atoms with van der Waals surface area (Å²) < 4.78 is 18.4. The third-order valence-electron chi connectivity index (χ3n) is 1.81. The summed E-state index contributed by atoms with van der Waals surface area (Å²) in [5.74, 6) is -0.528. The van der Waals surface area contributed by atoms with Gasteiger partial charge in [-0.3, -0.25) is 0 Å². The van der Waals surface area contributed by atoms with Crippen molar-refractivity contribution in [1.29, 1.82) is 0 Å². The van der Waals surface area contributed by atoms with Gasteiger partial charge in [0.05, 0.1) is 12.7 Å². The zero-order chi connectivity index (χ0) is 10.7. The monoisotopic (exact) mass is 217 g/mol. The number of nitrogens with zero attached hydrogens (tertiary/aromatic N) is 1. The first kappa shape index (κ1) is 10.8. The van der Waals surface area contributed by atoms with E-state index >= 15 is 0 Å². The maximum absolute atomic E-state index is 13.6. The molecule has 0 bridgehead atoms. The van der Waals surface area contributed by atoms with Crippen molar-refractivity contribution in [2.75, 3.05) is 7.11 Å². The molecule has 0 saturated heterocycles. The highest BCUT2D eigenvalue weighted by Gasteiger charge is 2.14. The third kappa shape index (κ3) is 1.80. The van der Waals surface area contributed by atoms with Crippen LogP contribution in [0.25, 0.3) is 0 Å². The van der Waals surface area contributed by atoms with Crippen molar-refractivity contribution >= 4 is 16.8 Å². The van der Waals surface area contributed by atoms with Crippen LogP contribution in [0.2, 0.25) is 0 Å². The molecule has 0 saturated carbocycles. The standard InChI is InChI=1S/C9H9ClFNO2/c1-5-3-4-6(9(10)12-13)7(11)8(5)14-2/h3-4,13H,1-2H3. The molecule has 0 spiro atoms. The van der Waals surface area contributed by atoms with Gasteiger partial charge in [0.1, 0.15) is 0 Å². The molecular weight excluding hydrogens is 209 g/mol. The fraction of sp³-hybridized carbons (Fsp3) is 0.222. The van der Waals surface area contributed by atoms with Crippen molar-refractivity contribution in [2.24, 2.45) is 5.16 Å². The molecule has 0 aliphatic heterocycles. The normalized spacial score (nSPS) is 11.6. The molecule has 0 aromatic heterocycles. The van der Waals surface area contributed by atoms with Gasteiger partial charge in [-0.1, -0.05) is 22.8 Å². The van der Waals surface area contributed by atoms with E-state index in [9.17, 15) is 4.39 Å². The van der Waals surface area contributed by atoms with E-state index in [1.807, 2.05) is 0 Å². The maximum Gasteiger partial charge on any atom is 0.178 e. The topological polar surface area (TPSA) is 41.8 Å². The smallest absolute Gasteiger partial charge is 0.178 e. The van der Waals surface area contributed by atoms with Crippen molar-refractivity contribution in [1.82, 2.24) is 0 Å². The number of aryl methyl sites for hydroxylation is 1. The second-order valence-corrected chi connectivity index (χ2v) is 3.03. The summed E-state index contributed by atoms with van der Waals surface area (Å²) in [5, 5.41) is 10.8. The quantitative estimate of drug-likeness (QED) is 0.470. The molecule has 76 valence electrons. The fourth-order valence-corrected chi connectivity index (χ4v) is 1.26. The zero-order valence-corrected chi connectivity index (χ0v) is 8.47. The average molecular weight is 218 g/mol. The predicted molar refractivity (Wildman–Crippen MR) is 51.9 cm³/mol. The SMILES string of the molecule is COc1c(C)ccc(C(Cl)=NO)c1F. The van der Waals surface area contributed by atoms with Crippen molar-refractivity contribution < 1.29 is 14.3 Å². The lowest BCUT2D eigenvalue weighted by Gasteiger charge is -2.08. The van der Waals surface area contributed by atoms with Crippen molar-refractivity contribution in [3.8, 4) is 5.75 Å². The Bertz CT molecular complexity index is 379. The maximum atomic E-state index is 13.6. The van der Waals surface area contributed by atoms with Gasteiger partial charge >= 0.3 is 0 Å². The molecule has 5 heteroatoms. The van der Waals surface area contributed by atoms with Crippen LogP contribution in [0.1, 0.15) is 11.1 Å². The van der Waals surface area contributed by atoms with Gasteiger partial charge in [0.15, 0.2) is 16.7 Å². The van der Waals surface area contributed by atoms with Crippen LogP contribution in [0.5, 0.6) is 5.75 Å². The highest BCUT2D eigenvalue weighted by molar-refractivity contribution is 6.69. The van der Waals surface area contributed by atoms with Crippen LogP contribution in [0.15, 0.2) is 17.3 Å². The Labute approximate surface area is 85.8 Å². The van der Waals surface area contributed by atoms with E-state index in [0.717, 1.165) is 0 Å². The Morgan fingerprint density at radius 1 is 1.57 bits per heavy atom. The van der Waals surface area contributed by atoms with Crippen LogP contribution >= 0.6 is 11.6 Å². The third-order valence-corrected chi connectivity index (χ3v) is 2.09. The molecule has 0 atom stereocenters. The molecule has 0 aliphatic rings. The van der Waals surface area contributed by atoms with Crippen LogP contribution in [0, 0.1) is 12.7 Å². The van der Waals surface area contributed by atoms with E-state index in [1.165, 1.54) is 13.2 Å². The Kier molecular flexibility index (Phi) is 3.30. The van der Waals surface area contributed by atoms with Crippen LogP contribution < -0.4 is 4.74 Å². The first-order valence-corrected chi connectivity index (χ1v) is 4.20. The molecule has 1 aromatic rings. The number of oxime groups is 1. The van der Waals surface area contributed by atoms with Gasteiger partial charge in [0, 0.05) is 0 Å². The lowest BCUT2D eigenvalue weighted by molar-refractivity contribution is 0.320. The summed E-state index contributed by atoms with van der Waals surface area (Å²) in [6, 6.07) is 3.06. The Hall–Kier alpha value is -1.29. The number of hydrogen-bond acceptors (Lipinski definition) is 3. The largest absolute Gasteiger partial charge is 0.493 e. The van der Waals surface area contributed by atoms with E-state index in [4.69, 9.17) is 21.5 Å². The van der Waals surface area contributed by atoms with Gasteiger partial charge in [-0.2, -0.15) is 0 Å². The molecule has 1 rings (SSSR count). The minimum absolute atomic E-state index is 0.0108. The molecule has 0 amide bonds. The predicted octanol–water partition coefficient (Wildman–Crippen LogP) is 2.52. The Morgan fingerprint density at radius 3 is 2.71 bits per heavy atom.